The van der Waals surface area contributed by atoms with Crippen LogP contribution >= 0.6 is 0 Å². The Morgan fingerprint density at radius 3 is 1.41 bits per heavy atom. The standard InChI is InChI=1S/C41H50F2O11/c1-36(42,43)32(46)54-35(49)40-10-23-6-28(15-40)41(29(7-23)16-40)52-19-37(20-53-41,17-50-33(47)38-8-21-2-24(11-38)30(44)25(3-21)12-38)18-51-34(48)39-9-22-4-26(13-39)31(45)27(5-22)14-39/h21-29H,2-20H2,1H3. The summed E-state index contributed by atoms with van der Waals surface area (Å²) < 4.78 is 58.1. The number of esters is 4. The van der Waals surface area contributed by atoms with Crippen molar-refractivity contribution < 1.29 is 61.2 Å². The molecule has 294 valence electrons. The molecule has 1 spiro atoms. The van der Waals surface area contributed by atoms with Crippen LogP contribution in [0.1, 0.15) is 103 Å². The van der Waals surface area contributed by atoms with E-state index in [-0.39, 0.29) is 104 Å². The highest BCUT2D eigenvalue weighted by Crippen LogP contribution is 2.67. The Labute approximate surface area is 312 Å². The molecule has 12 aliphatic carbocycles. The Hall–Kier alpha value is -2.80. The molecule has 13 aliphatic rings. The number of hydrogen-bond donors (Lipinski definition) is 0. The van der Waals surface area contributed by atoms with Crippen molar-refractivity contribution in [1.82, 2.24) is 0 Å². The van der Waals surface area contributed by atoms with Gasteiger partial charge in [0.2, 0.25) is 0 Å². The summed E-state index contributed by atoms with van der Waals surface area (Å²) in [4.78, 5) is 79.1. The third-order valence-corrected chi connectivity index (χ3v) is 16.4. The number of carbonyl (C=O) groups excluding carboxylic acids is 6. The van der Waals surface area contributed by atoms with Crippen LogP contribution in [0, 0.1) is 74.9 Å². The molecule has 6 atom stereocenters. The van der Waals surface area contributed by atoms with Crippen molar-refractivity contribution >= 4 is 35.4 Å². The Balaban J connectivity index is 0.870. The third kappa shape index (κ3) is 5.20. The number of ketones is 2. The van der Waals surface area contributed by atoms with Crippen LogP contribution in [0.4, 0.5) is 8.78 Å². The molecule has 11 nitrogen and oxygen atoms in total. The summed E-state index contributed by atoms with van der Waals surface area (Å²) in [6.07, 6.45) is 9.24. The molecule has 12 saturated carbocycles. The quantitative estimate of drug-likeness (QED) is 0.184. The number of carbonyl (C=O) groups is 6. The fourth-order valence-corrected chi connectivity index (χ4v) is 14.5. The van der Waals surface area contributed by atoms with E-state index in [2.05, 4.69) is 0 Å². The summed E-state index contributed by atoms with van der Waals surface area (Å²) in [5.41, 5.74) is -3.50. The molecule has 12 bridgehead atoms. The van der Waals surface area contributed by atoms with Gasteiger partial charge < -0.3 is 23.7 Å². The third-order valence-electron chi connectivity index (χ3n) is 16.4. The second-order valence-corrected chi connectivity index (χ2v) is 20.2. The van der Waals surface area contributed by atoms with Crippen LogP contribution in [0.15, 0.2) is 0 Å². The van der Waals surface area contributed by atoms with Gasteiger partial charge in [0.25, 0.3) is 0 Å². The average Bonchev–Trinajstić information content (AvgIpc) is 3.12. The first-order valence-corrected chi connectivity index (χ1v) is 20.4. The zero-order chi connectivity index (χ0) is 37.6. The normalized spacial score (nSPS) is 49.1. The molecule has 0 amide bonds. The van der Waals surface area contributed by atoms with E-state index >= 15 is 0 Å². The van der Waals surface area contributed by atoms with Crippen LogP contribution in [0.25, 0.3) is 0 Å². The number of alkyl halides is 2. The maximum Gasteiger partial charge on any atom is 0.384 e. The fraction of sp³-hybridized carbons (Fsp3) is 0.854. The molecule has 13 rings (SSSR count). The van der Waals surface area contributed by atoms with Crippen LogP contribution in [0.3, 0.4) is 0 Å². The molecule has 0 aromatic heterocycles. The van der Waals surface area contributed by atoms with Crippen LogP contribution in [-0.2, 0) is 52.5 Å². The summed E-state index contributed by atoms with van der Waals surface area (Å²) in [5.74, 6) is -7.79. The van der Waals surface area contributed by atoms with Crippen molar-refractivity contribution in [2.75, 3.05) is 26.4 Å². The SMILES string of the molecule is CC(F)(F)C(=O)OC(=O)C12CC3CC(C1)C1(OCC(COC(=O)C45CC6CC(C4)C(=O)C(C6)C5)(COC(=O)C45CC6CC(C4)C(=O)C(C6)C5)CO1)C(C3)C2. The largest absolute Gasteiger partial charge is 0.464 e. The predicted molar refractivity (Wildman–Crippen MR) is 179 cm³/mol. The lowest BCUT2D eigenvalue weighted by Gasteiger charge is -2.64. The van der Waals surface area contributed by atoms with Crippen LogP contribution in [-0.4, -0.2) is 73.6 Å². The molecule has 0 radical (unpaired) electrons. The van der Waals surface area contributed by atoms with E-state index in [9.17, 15) is 37.5 Å². The van der Waals surface area contributed by atoms with Crippen LogP contribution in [0.2, 0.25) is 0 Å². The molecule has 0 aromatic carbocycles. The molecular formula is C41H50F2O11. The lowest BCUT2D eigenvalue weighted by Crippen LogP contribution is -2.68. The Bertz CT molecular complexity index is 1580. The van der Waals surface area contributed by atoms with Crippen molar-refractivity contribution in [2.24, 2.45) is 74.9 Å². The van der Waals surface area contributed by atoms with Gasteiger partial charge in [0.15, 0.2) is 5.79 Å². The van der Waals surface area contributed by atoms with Gasteiger partial charge in [-0.15, -0.1) is 0 Å². The topological polar surface area (TPSA) is 149 Å². The van der Waals surface area contributed by atoms with E-state index in [0.29, 0.717) is 76.5 Å². The summed E-state index contributed by atoms with van der Waals surface area (Å²) in [5, 5.41) is 0. The highest BCUT2D eigenvalue weighted by atomic mass is 19.3. The van der Waals surface area contributed by atoms with Gasteiger partial charge in [0.05, 0.1) is 34.9 Å². The molecule has 6 unspecified atom stereocenters. The molecule has 1 saturated heterocycles. The number of hydrogen-bond acceptors (Lipinski definition) is 11. The minimum Gasteiger partial charge on any atom is -0.464 e. The Morgan fingerprint density at radius 1 is 0.611 bits per heavy atom. The highest BCUT2D eigenvalue weighted by Gasteiger charge is 2.69. The molecule has 13 heteroatoms. The molecule has 1 aliphatic heterocycles. The van der Waals surface area contributed by atoms with Gasteiger partial charge >= 0.3 is 29.8 Å². The minimum atomic E-state index is -3.79. The Kier molecular flexibility index (Phi) is 7.67. The smallest absolute Gasteiger partial charge is 0.384 e. The van der Waals surface area contributed by atoms with E-state index in [1.54, 1.807) is 0 Å². The first kappa shape index (κ1) is 35.6. The summed E-state index contributed by atoms with van der Waals surface area (Å²) in [6.45, 7) is 0.317. The van der Waals surface area contributed by atoms with E-state index < -0.39 is 45.3 Å². The molecule has 13 fully saturated rings. The van der Waals surface area contributed by atoms with Gasteiger partial charge in [-0.3, -0.25) is 24.0 Å². The minimum absolute atomic E-state index is 0.0575. The van der Waals surface area contributed by atoms with Gasteiger partial charge in [-0.25, -0.2) is 4.79 Å². The molecule has 1 heterocycles. The molecule has 0 aromatic rings. The van der Waals surface area contributed by atoms with E-state index in [1.807, 2.05) is 0 Å². The first-order valence-electron chi connectivity index (χ1n) is 20.4. The highest BCUT2D eigenvalue weighted by molar-refractivity contribution is 5.92. The second kappa shape index (κ2) is 11.6. The van der Waals surface area contributed by atoms with Gasteiger partial charge in [0, 0.05) is 42.4 Å². The first-order chi connectivity index (χ1) is 25.5. The predicted octanol–water partition coefficient (Wildman–Crippen LogP) is 5.14. The van der Waals surface area contributed by atoms with Gasteiger partial charge in [-0.05, 0) is 114 Å². The van der Waals surface area contributed by atoms with E-state index in [1.165, 1.54) is 0 Å². The molecule has 0 N–H and O–H groups in total. The van der Waals surface area contributed by atoms with Crippen molar-refractivity contribution in [1.29, 1.82) is 0 Å². The van der Waals surface area contributed by atoms with Crippen LogP contribution in [0.5, 0.6) is 0 Å². The number of Topliss-reactive ketones (excluding diaryl/α,β-unsaturated/α-hetero) is 2. The fourth-order valence-electron chi connectivity index (χ4n) is 14.5. The summed E-state index contributed by atoms with van der Waals surface area (Å²) in [7, 11) is 0. The zero-order valence-electron chi connectivity index (χ0n) is 30.9. The van der Waals surface area contributed by atoms with E-state index in [0.717, 1.165) is 25.7 Å². The maximum absolute atomic E-state index is 14.1. The molecule has 54 heavy (non-hydrogen) atoms. The number of halogens is 2. The van der Waals surface area contributed by atoms with Gasteiger partial charge in [-0.2, -0.15) is 8.78 Å². The second-order valence-electron chi connectivity index (χ2n) is 20.2. The number of ether oxygens (including phenoxy) is 5. The average molecular weight is 757 g/mol. The summed E-state index contributed by atoms with van der Waals surface area (Å²) in [6, 6.07) is 0. The van der Waals surface area contributed by atoms with Gasteiger partial charge in [-0.1, -0.05) is 0 Å². The summed E-state index contributed by atoms with van der Waals surface area (Å²) >= 11 is 0. The maximum atomic E-state index is 14.1. The Morgan fingerprint density at radius 2 is 1.00 bits per heavy atom. The van der Waals surface area contributed by atoms with Crippen molar-refractivity contribution in [3.05, 3.63) is 0 Å². The van der Waals surface area contributed by atoms with Crippen molar-refractivity contribution in [3.8, 4) is 0 Å². The van der Waals surface area contributed by atoms with E-state index in [4.69, 9.17) is 23.7 Å². The monoisotopic (exact) mass is 756 g/mol. The number of rotatable bonds is 8. The lowest BCUT2D eigenvalue weighted by atomic mass is 9.47. The van der Waals surface area contributed by atoms with Crippen molar-refractivity contribution in [2.45, 2.75) is 115 Å². The van der Waals surface area contributed by atoms with Gasteiger partial charge in [0.1, 0.15) is 24.8 Å². The van der Waals surface area contributed by atoms with Crippen LogP contribution < -0.4 is 0 Å². The van der Waals surface area contributed by atoms with Crippen molar-refractivity contribution in [3.63, 3.8) is 0 Å². The zero-order valence-corrected chi connectivity index (χ0v) is 30.9. The lowest BCUT2D eigenvalue weighted by molar-refractivity contribution is -0.391. The molecular weight excluding hydrogens is 706 g/mol.